The summed E-state index contributed by atoms with van der Waals surface area (Å²) in [4.78, 5) is 49.7. The van der Waals surface area contributed by atoms with Crippen LogP contribution in [0.2, 0.25) is 0 Å². The molecular weight excluding hydrogens is 352 g/mol. The lowest BCUT2D eigenvalue weighted by Crippen LogP contribution is -2.60. The summed E-state index contributed by atoms with van der Waals surface area (Å²) in [6.07, 6.45) is -0.166. The Kier molecular flexibility index (Phi) is 6.04. The molecular formula is C20H26O7. The van der Waals surface area contributed by atoms with E-state index >= 15 is 0 Å². The number of Topliss-reactive ketones (excluding diaryl/α,β-unsaturated/α-hetero) is 1. The predicted octanol–water partition coefficient (Wildman–Crippen LogP) is 1.53. The molecule has 2 aliphatic rings. The molecule has 0 amide bonds. The van der Waals surface area contributed by atoms with Crippen LogP contribution in [-0.2, 0) is 28.7 Å². The van der Waals surface area contributed by atoms with E-state index in [1.807, 2.05) is 13.8 Å². The van der Waals surface area contributed by atoms with Crippen molar-refractivity contribution < 1.29 is 33.8 Å². The van der Waals surface area contributed by atoms with Crippen molar-refractivity contribution in [3.05, 3.63) is 24.3 Å². The van der Waals surface area contributed by atoms with Gasteiger partial charge in [-0.1, -0.05) is 33.4 Å². The Morgan fingerprint density at radius 3 is 2.59 bits per heavy atom. The first kappa shape index (κ1) is 21.0. The summed E-state index contributed by atoms with van der Waals surface area (Å²) < 4.78 is 10.8. The highest BCUT2D eigenvalue weighted by molar-refractivity contribution is 6.03. The minimum atomic E-state index is -2.33. The van der Waals surface area contributed by atoms with E-state index in [0.29, 0.717) is 0 Å². The molecule has 7 heteroatoms. The van der Waals surface area contributed by atoms with Crippen LogP contribution in [0.3, 0.4) is 0 Å². The minimum Gasteiger partial charge on any atom is -0.455 e. The van der Waals surface area contributed by atoms with Gasteiger partial charge in [-0.3, -0.25) is 14.4 Å². The maximum Gasteiger partial charge on any atom is 0.334 e. The summed E-state index contributed by atoms with van der Waals surface area (Å²) in [5, 5.41) is 11.3. The number of esters is 2. The van der Waals surface area contributed by atoms with Crippen LogP contribution < -0.4 is 0 Å². The molecule has 0 spiro atoms. The van der Waals surface area contributed by atoms with Gasteiger partial charge in [0.2, 0.25) is 0 Å². The average Bonchev–Trinajstić information content (AvgIpc) is 2.82. The summed E-state index contributed by atoms with van der Waals surface area (Å²) in [6, 6.07) is 0. The van der Waals surface area contributed by atoms with Crippen molar-refractivity contribution in [2.45, 2.75) is 58.3 Å². The van der Waals surface area contributed by atoms with Crippen LogP contribution in [0.4, 0.5) is 0 Å². The highest BCUT2D eigenvalue weighted by Gasteiger charge is 2.62. The van der Waals surface area contributed by atoms with E-state index in [4.69, 9.17) is 9.47 Å². The van der Waals surface area contributed by atoms with Crippen LogP contribution in [0.25, 0.3) is 0 Å². The van der Waals surface area contributed by atoms with Crippen molar-refractivity contribution in [2.75, 3.05) is 0 Å². The Labute approximate surface area is 158 Å². The van der Waals surface area contributed by atoms with E-state index in [0.717, 1.165) is 6.08 Å². The molecule has 0 aromatic heterocycles. The second kappa shape index (κ2) is 7.76. The molecule has 1 aliphatic heterocycles. The molecule has 2 fully saturated rings. The molecule has 1 heterocycles. The fourth-order valence-electron chi connectivity index (χ4n) is 3.60. The molecule has 0 aromatic rings. The zero-order valence-corrected chi connectivity index (χ0v) is 16.1. The third-order valence-corrected chi connectivity index (χ3v) is 5.19. The van der Waals surface area contributed by atoms with Gasteiger partial charge in [0.15, 0.2) is 17.5 Å². The van der Waals surface area contributed by atoms with Gasteiger partial charge in [0.1, 0.15) is 11.9 Å². The van der Waals surface area contributed by atoms with Gasteiger partial charge >= 0.3 is 11.9 Å². The maximum absolute atomic E-state index is 12.8. The number of carbonyl (C=O) groups excluding carboxylic acids is 4. The summed E-state index contributed by atoms with van der Waals surface area (Å²) in [5.41, 5.74) is -2.26. The van der Waals surface area contributed by atoms with E-state index in [1.54, 1.807) is 6.92 Å². The van der Waals surface area contributed by atoms with Crippen LogP contribution in [0.15, 0.2) is 24.3 Å². The zero-order valence-electron chi connectivity index (χ0n) is 16.1. The largest absolute Gasteiger partial charge is 0.455 e. The molecule has 1 aliphatic carbocycles. The van der Waals surface area contributed by atoms with Crippen LogP contribution in [0.1, 0.15) is 40.5 Å². The van der Waals surface area contributed by atoms with Gasteiger partial charge in [-0.05, 0) is 18.9 Å². The summed E-state index contributed by atoms with van der Waals surface area (Å²) in [6.45, 7) is 10.3. The van der Waals surface area contributed by atoms with Gasteiger partial charge in [-0.2, -0.15) is 0 Å². The lowest BCUT2D eigenvalue weighted by Gasteiger charge is -2.38. The lowest BCUT2D eigenvalue weighted by atomic mass is 9.77. The quantitative estimate of drug-likeness (QED) is 0.571. The number of ether oxygens (including phenoxy) is 2. The summed E-state index contributed by atoms with van der Waals surface area (Å²) >= 11 is 0. The Balaban J connectivity index is 2.56. The molecule has 0 unspecified atom stereocenters. The normalized spacial score (nSPS) is 33.8. The fourth-order valence-corrected chi connectivity index (χ4v) is 3.60. The van der Waals surface area contributed by atoms with Crippen molar-refractivity contribution in [3.8, 4) is 0 Å². The van der Waals surface area contributed by atoms with Gasteiger partial charge in [-0.15, -0.1) is 0 Å². The molecule has 7 nitrogen and oxygen atoms in total. The number of carbonyl (C=O) groups is 4. The van der Waals surface area contributed by atoms with Gasteiger partial charge in [0.05, 0.1) is 5.92 Å². The topological polar surface area (TPSA) is 107 Å². The van der Waals surface area contributed by atoms with E-state index in [-0.39, 0.29) is 24.3 Å². The number of hydrogen-bond donors (Lipinski definition) is 1. The number of fused-ring (bicyclic) bond motifs is 1. The first-order valence-corrected chi connectivity index (χ1v) is 9.05. The van der Waals surface area contributed by atoms with Gasteiger partial charge in [0.25, 0.3) is 0 Å². The van der Waals surface area contributed by atoms with E-state index in [9.17, 15) is 24.3 Å². The highest BCUT2D eigenvalue weighted by atomic mass is 16.6. The van der Waals surface area contributed by atoms with Crippen LogP contribution in [-0.4, -0.2) is 46.4 Å². The molecule has 0 aromatic carbocycles. The van der Waals surface area contributed by atoms with Crippen molar-refractivity contribution in [3.63, 3.8) is 0 Å². The molecule has 27 heavy (non-hydrogen) atoms. The number of hydrogen-bond acceptors (Lipinski definition) is 7. The zero-order chi connectivity index (χ0) is 20.5. The van der Waals surface area contributed by atoms with Gasteiger partial charge in [-0.25, -0.2) is 4.79 Å². The smallest absolute Gasteiger partial charge is 0.334 e. The van der Waals surface area contributed by atoms with Crippen LogP contribution in [0, 0.1) is 17.8 Å². The van der Waals surface area contributed by atoms with Crippen LogP contribution in [0.5, 0.6) is 0 Å². The second-order valence-electron chi connectivity index (χ2n) is 7.59. The SMILES string of the molecule is C=C1C(=O)O[C@@H]2[C@H]1CC(=O)[C@H](C)[C@@](O)(C(=O)/C=C\C)[C@H]2OC(=O)CC(C)C. The summed E-state index contributed by atoms with van der Waals surface area (Å²) in [7, 11) is 0. The Hall–Kier alpha value is -2.28. The van der Waals surface area contributed by atoms with E-state index in [2.05, 4.69) is 6.58 Å². The van der Waals surface area contributed by atoms with Crippen molar-refractivity contribution in [1.82, 2.24) is 0 Å². The number of rotatable bonds is 5. The number of ketones is 2. The molecule has 0 bridgehead atoms. The highest BCUT2D eigenvalue weighted by Crippen LogP contribution is 2.43. The molecule has 0 radical (unpaired) electrons. The Bertz CT molecular complexity index is 705. The standard InChI is InChI=1S/C20H26O7/c1-6-7-15(22)20(25)12(5)14(21)9-13-11(4)19(24)27-17(13)18(20)26-16(23)8-10(2)3/h6-7,10,12-13,17-18,25H,4,8-9H2,1-3,5H3/b7-6-/t12-,13-,17+,18-,20+/m0/s1. The third-order valence-electron chi connectivity index (χ3n) is 5.19. The van der Waals surface area contributed by atoms with Crippen molar-refractivity contribution >= 4 is 23.5 Å². The number of aliphatic hydroxyl groups is 1. The monoisotopic (exact) mass is 378 g/mol. The van der Waals surface area contributed by atoms with Gasteiger partial charge in [0, 0.05) is 24.3 Å². The lowest BCUT2D eigenvalue weighted by molar-refractivity contribution is -0.195. The van der Waals surface area contributed by atoms with E-state index < -0.39 is 53.1 Å². The molecule has 1 saturated carbocycles. The summed E-state index contributed by atoms with van der Waals surface area (Å²) in [5.74, 6) is -4.48. The average molecular weight is 378 g/mol. The molecule has 5 atom stereocenters. The van der Waals surface area contributed by atoms with Gasteiger partial charge < -0.3 is 14.6 Å². The fraction of sp³-hybridized carbons (Fsp3) is 0.600. The number of allylic oxidation sites excluding steroid dienone is 1. The first-order valence-electron chi connectivity index (χ1n) is 9.05. The molecule has 1 saturated heterocycles. The minimum absolute atomic E-state index is 0.0152. The first-order chi connectivity index (χ1) is 12.5. The van der Waals surface area contributed by atoms with Crippen molar-refractivity contribution in [1.29, 1.82) is 0 Å². The van der Waals surface area contributed by atoms with E-state index in [1.165, 1.54) is 13.0 Å². The molecule has 148 valence electrons. The molecule has 1 N–H and O–H groups in total. The third kappa shape index (κ3) is 3.74. The molecule has 2 rings (SSSR count). The Morgan fingerprint density at radius 1 is 1.41 bits per heavy atom. The predicted molar refractivity (Wildman–Crippen MR) is 95.4 cm³/mol. The van der Waals surface area contributed by atoms with Crippen molar-refractivity contribution in [2.24, 2.45) is 17.8 Å². The second-order valence-corrected chi connectivity index (χ2v) is 7.59. The Morgan fingerprint density at radius 2 is 2.04 bits per heavy atom. The van der Waals surface area contributed by atoms with Crippen LogP contribution >= 0.6 is 0 Å². The maximum atomic E-state index is 12.8.